The van der Waals surface area contributed by atoms with Gasteiger partial charge in [0.2, 0.25) is 5.95 Å². The number of rotatable bonds is 2. The van der Waals surface area contributed by atoms with E-state index < -0.39 is 0 Å². The molecule has 0 bridgehead atoms. The van der Waals surface area contributed by atoms with Crippen molar-refractivity contribution in [1.82, 2.24) is 14.9 Å². The van der Waals surface area contributed by atoms with Crippen LogP contribution in [0.3, 0.4) is 0 Å². The molecule has 1 aromatic heterocycles. The Labute approximate surface area is 134 Å². The number of halogens is 1. The van der Waals surface area contributed by atoms with Crippen molar-refractivity contribution in [3.8, 4) is 11.3 Å². The third-order valence-electron chi connectivity index (χ3n) is 4.27. The summed E-state index contributed by atoms with van der Waals surface area (Å²) < 4.78 is 7.82. The first-order chi connectivity index (χ1) is 10.8. The minimum Gasteiger partial charge on any atom is -0.378 e. The summed E-state index contributed by atoms with van der Waals surface area (Å²) in [4.78, 5) is 7.30. The fraction of sp³-hybridized carbons (Fsp3) is 0.438. The second-order valence-electron chi connectivity index (χ2n) is 5.64. The molecule has 0 aliphatic carbocycles. The van der Waals surface area contributed by atoms with Crippen LogP contribution in [0.2, 0.25) is 5.02 Å². The summed E-state index contributed by atoms with van der Waals surface area (Å²) >= 11 is 6.01. The fourth-order valence-corrected chi connectivity index (χ4v) is 3.25. The maximum absolute atomic E-state index is 6.01. The molecule has 6 heteroatoms. The highest BCUT2D eigenvalue weighted by molar-refractivity contribution is 6.30. The quantitative estimate of drug-likeness (QED) is 0.921. The van der Waals surface area contributed by atoms with Crippen LogP contribution in [0, 0.1) is 0 Å². The summed E-state index contributed by atoms with van der Waals surface area (Å²) in [5.41, 5.74) is 3.44. The molecule has 0 saturated carbocycles. The molecule has 116 valence electrons. The average molecular weight is 319 g/mol. The van der Waals surface area contributed by atoms with Gasteiger partial charge in [-0.15, -0.1) is 0 Å². The summed E-state index contributed by atoms with van der Waals surface area (Å²) in [5, 5.41) is 4.20. The molecule has 0 spiro atoms. The van der Waals surface area contributed by atoms with E-state index in [4.69, 9.17) is 21.3 Å². The molecule has 1 aromatic carbocycles. The van der Waals surface area contributed by atoms with Crippen molar-refractivity contribution in [3.63, 3.8) is 0 Å². The van der Waals surface area contributed by atoms with Gasteiger partial charge in [0, 0.05) is 43.3 Å². The number of aromatic nitrogens is 2. The van der Waals surface area contributed by atoms with Crippen LogP contribution in [0.5, 0.6) is 0 Å². The fourth-order valence-electron chi connectivity index (χ4n) is 3.13. The Morgan fingerprint density at radius 3 is 2.64 bits per heavy atom. The van der Waals surface area contributed by atoms with E-state index in [0.717, 1.165) is 68.2 Å². The number of anilines is 1. The Morgan fingerprint density at radius 2 is 1.86 bits per heavy atom. The number of benzene rings is 1. The Balaban J connectivity index is 1.78. The van der Waals surface area contributed by atoms with Gasteiger partial charge in [0.05, 0.1) is 24.6 Å². The first-order valence-corrected chi connectivity index (χ1v) is 8.09. The highest BCUT2D eigenvalue weighted by Gasteiger charge is 2.25. The average Bonchev–Trinajstić information content (AvgIpc) is 2.96. The monoisotopic (exact) mass is 318 g/mol. The Hall–Kier alpha value is -1.56. The molecule has 1 fully saturated rings. The number of nitrogens with one attached hydrogen (secondary N) is 1. The minimum absolute atomic E-state index is 0.753. The van der Waals surface area contributed by atoms with E-state index in [1.54, 1.807) is 0 Å². The van der Waals surface area contributed by atoms with Gasteiger partial charge in [0.1, 0.15) is 0 Å². The normalized spacial score (nSPS) is 18.3. The zero-order chi connectivity index (χ0) is 14.9. The smallest absolute Gasteiger partial charge is 0.206 e. The van der Waals surface area contributed by atoms with E-state index in [2.05, 4.69) is 14.8 Å². The molecule has 2 aliphatic rings. The van der Waals surface area contributed by atoms with Crippen LogP contribution in [0.25, 0.3) is 11.3 Å². The van der Waals surface area contributed by atoms with Crippen LogP contribution in [0.15, 0.2) is 24.3 Å². The van der Waals surface area contributed by atoms with Crippen LogP contribution >= 0.6 is 11.6 Å². The Kier molecular flexibility index (Phi) is 3.78. The topological polar surface area (TPSA) is 42.3 Å². The molecule has 1 saturated heterocycles. The summed E-state index contributed by atoms with van der Waals surface area (Å²) in [7, 11) is 0. The lowest BCUT2D eigenvalue weighted by Crippen LogP contribution is -2.39. The molecule has 2 aromatic rings. The second-order valence-corrected chi connectivity index (χ2v) is 6.08. The lowest BCUT2D eigenvalue weighted by Gasteiger charge is -2.29. The number of morpholine rings is 1. The maximum atomic E-state index is 6.01. The van der Waals surface area contributed by atoms with E-state index in [0.29, 0.717) is 0 Å². The molecule has 0 atom stereocenters. The van der Waals surface area contributed by atoms with Crippen LogP contribution in [0.4, 0.5) is 5.95 Å². The minimum atomic E-state index is 0.753. The summed E-state index contributed by atoms with van der Waals surface area (Å²) in [5.74, 6) is 1.07. The molecule has 0 radical (unpaired) electrons. The zero-order valence-corrected chi connectivity index (χ0v) is 13.1. The highest BCUT2D eigenvalue weighted by atomic mass is 35.5. The van der Waals surface area contributed by atoms with Crippen molar-refractivity contribution < 1.29 is 4.74 Å². The van der Waals surface area contributed by atoms with Gasteiger partial charge in [-0.3, -0.25) is 0 Å². The van der Waals surface area contributed by atoms with Crippen LogP contribution < -0.4 is 10.2 Å². The van der Waals surface area contributed by atoms with Crippen molar-refractivity contribution in [1.29, 1.82) is 0 Å². The van der Waals surface area contributed by atoms with Gasteiger partial charge in [-0.25, -0.2) is 4.98 Å². The van der Waals surface area contributed by atoms with Crippen molar-refractivity contribution in [3.05, 3.63) is 35.0 Å². The van der Waals surface area contributed by atoms with Gasteiger partial charge < -0.3 is 19.5 Å². The van der Waals surface area contributed by atoms with E-state index >= 15 is 0 Å². The van der Waals surface area contributed by atoms with Gasteiger partial charge >= 0.3 is 0 Å². The van der Waals surface area contributed by atoms with Crippen molar-refractivity contribution in [2.75, 3.05) is 37.7 Å². The molecular formula is C16H19ClN4O. The molecule has 22 heavy (non-hydrogen) atoms. The first-order valence-electron chi connectivity index (χ1n) is 7.72. The molecule has 0 amide bonds. The molecule has 4 rings (SSSR count). The van der Waals surface area contributed by atoms with Crippen molar-refractivity contribution in [2.24, 2.45) is 0 Å². The lowest BCUT2D eigenvalue weighted by molar-refractivity contribution is 0.121. The zero-order valence-electron chi connectivity index (χ0n) is 12.4. The largest absolute Gasteiger partial charge is 0.378 e. The van der Waals surface area contributed by atoms with Crippen molar-refractivity contribution >= 4 is 17.5 Å². The van der Waals surface area contributed by atoms with E-state index in [1.807, 2.05) is 24.3 Å². The standard InChI is InChI=1S/C16H19ClN4O/c17-13-3-1-12(2-4-13)15-14-11-18-5-6-21(14)16(19-15)20-7-9-22-10-8-20/h1-4,18H,5-11H2. The third kappa shape index (κ3) is 2.49. The van der Waals surface area contributed by atoms with Gasteiger partial charge in [-0.1, -0.05) is 23.7 Å². The molecule has 1 N–H and O–H groups in total. The lowest BCUT2D eigenvalue weighted by atomic mass is 10.1. The third-order valence-corrected chi connectivity index (χ3v) is 4.52. The maximum Gasteiger partial charge on any atom is 0.206 e. The Bertz CT molecular complexity index is 662. The second kappa shape index (κ2) is 5.91. The molecular weight excluding hydrogens is 300 g/mol. The summed E-state index contributed by atoms with van der Waals surface area (Å²) in [6, 6.07) is 7.94. The number of fused-ring (bicyclic) bond motifs is 1. The highest BCUT2D eigenvalue weighted by Crippen LogP contribution is 2.30. The molecule has 5 nitrogen and oxygen atoms in total. The SMILES string of the molecule is Clc1ccc(-c2nc(N3CCOCC3)n3c2CNCC3)cc1. The summed E-state index contributed by atoms with van der Waals surface area (Å²) in [6.07, 6.45) is 0. The molecule has 3 heterocycles. The summed E-state index contributed by atoms with van der Waals surface area (Å²) in [6.45, 7) is 6.17. The van der Waals surface area contributed by atoms with Crippen molar-refractivity contribution in [2.45, 2.75) is 13.1 Å². The van der Waals surface area contributed by atoms with E-state index in [-0.39, 0.29) is 0 Å². The van der Waals surface area contributed by atoms with E-state index in [1.165, 1.54) is 5.69 Å². The predicted octanol–water partition coefficient (Wildman–Crippen LogP) is 2.14. The van der Waals surface area contributed by atoms with Gasteiger partial charge in [0.15, 0.2) is 0 Å². The van der Waals surface area contributed by atoms with Crippen LogP contribution in [0.1, 0.15) is 5.69 Å². The van der Waals surface area contributed by atoms with Crippen LogP contribution in [-0.2, 0) is 17.8 Å². The number of ether oxygens (including phenoxy) is 1. The number of hydrogen-bond donors (Lipinski definition) is 1. The number of imidazole rings is 1. The van der Waals surface area contributed by atoms with Gasteiger partial charge in [-0.2, -0.15) is 0 Å². The Morgan fingerprint density at radius 1 is 1.09 bits per heavy atom. The molecule has 0 unspecified atom stereocenters. The predicted molar refractivity (Wildman–Crippen MR) is 87.4 cm³/mol. The first kappa shape index (κ1) is 14.1. The van der Waals surface area contributed by atoms with E-state index in [9.17, 15) is 0 Å². The van der Waals surface area contributed by atoms with Gasteiger partial charge in [0.25, 0.3) is 0 Å². The van der Waals surface area contributed by atoms with Crippen LogP contribution in [-0.4, -0.2) is 42.4 Å². The molecule has 2 aliphatic heterocycles. The van der Waals surface area contributed by atoms with Gasteiger partial charge in [-0.05, 0) is 12.1 Å². The number of nitrogens with zero attached hydrogens (tertiary/aromatic N) is 3. The number of hydrogen-bond acceptors (Lipinski definition) is 4.